The molecule has 3 rings (SSSR count). The van der Waals surface area contributed by atoms with E-state index in [-0.39, 0.29) is 24.0 Å². The summed E-state index contributed by atoms with van der Waals surface area (Å²) in [7, 11) is 0. The molecule has 0 aliphatic carbocycles. The fraction of sp³-hybridized carbons (Fsp3) is 0.250. The SMILES string of the molecule is CC(C)c1ccc(OCC(=O)c2nc(N)c3[nH]cnc3n2)cc1. The van der Waals surface area contributed by atoms with Crippen molar-refractivity contribution < 1.29 is 9.53 Å². The second-order valence-electron chi connectivity index (χ2n) is 5.47. The molecule has 0 aliphatic rings. The van der Waals surface area contributed by atoms with Crippen molar-refractivity contribution in [2.45, 2.75) is 19.8 Å². The van der Waals surface area contributed by atoms with Crippen LogP contribution in [0.4, 0.5) is 5.82 Å². The zero-order valence-corrected chi connectivity index (χ0v) is 12.9. The standard InChI is InChI=1S/C16H17N5O2/c1-9(2)10-3-5-11(6-4-10)23-7-12(22)15-20-14(17)13-16(21-15)19-8-18-13/h3-6,8-9H,7H2,1-2H3,(H3,17,18,19,20,21). The summed E-state index contributed by atoms with van der Waals surface area (Å²) in [6.45, 7) is 4.08. The van der Waals surface area contributed by atoms with E-state index in [9.17, 15) is 4.79 Å². The number of Topliss-reactive ketones (excluding diaryl/α,β-unsaturated/α-hetero) is 1. The lowest BCUT2D eigenvalue weighted by atomic mass is 10.0. The van der Waals surface area contributed by atoms with Crippen LogP contribution in [0.15, 0.2) is 30.6 Å². The van der Waals surface area contributed by atoms with Crippen molar-refractivity contribution in [2.75, 3.05) is 12.3 Å². The van der Waals surface area contributed by atoms with Gasteiger partial charge in [0.1, 0.15) is 11.3 Å². The molecule has 0 bridgehead atoms. The summed E-state index contributed by atoms with van der Waals surface area (Å²) in [4.78, 5) is 27.0. The number of hydrogen-bond donors (Lipinski definition) is 2. The number of nitrogens with two attached hydrogens (primary N) is 1. The molecule has 0 aliphatic heterocycles. The molecule has 3 N–H and O–H groups in total. The number of carbonyl (C=O) groups is 1. The Labute approximate surface area is 132 Å². The van der Waals surface area contributed by atoms with E-state index in [2.05, 4.69) is 33.8 Å². The monoisotopic (exact) mass is 311 g/mol. The highest BCUT2D eigenvalue weighted by Crippen LogP contribution is 2.19. The van der Waals surface area contributed by atoms with E-state index in [1.807, 2.05) is 24.3 Å². The van der Waals surface area contributed by atoms with Gasteiger partial charge in [-0.25, -0.2) is 15.0 Å². The van der Waals surface area contributed by atoms with Crippen molar-refractivity contribution in [3.63, 3.8) is 0 Å². The van der Waals surface area contributed by atoms with Gasteiger partial charge in [0, 0.05) is 0 Å². The summed E-state index contributed by atoms with van der Waals surface area (Å²) in [6, 6.07) is 7.65. The number of benzene rings is 1. The molecular weight excluding hydrogens is 294 g/mol. The number of aromatic nitrogens is 4. The Morgan fingerprint density at radius 2 is 2.00 bits per heavy atom. The van der Waals surface area contributed by atoms with Crippen LogP contribution >= 0.6 is 0 Å². The molecule has 2 heterocycles. The number of aromatic amines is 1. The first-order valence-electron chi connectivity index (χ1n) is 7.27. The number of ether oxygens (including phenoxy) is 1. The quantitative estimate of drug-likeness (QED) is 0.700. The van der Waals surface area contributed by atoms with Gasteiger partial charge in [-0.1, -0.05) is 26.0 Å². The van der Waals surface area contributed by atoms with Crippen molar-refractivity contribution in [2.24, 2.45) is 0 Å². The molecule has 7 heteroatoms. The Bertz CT molecular complexity index is 839. The highest BCUT2D eigenvalue weighted by Gasteiger charge is 2.15. The molecule has 23 heavy (non-hydrogen) atoms. The molecule has 0 saturated heterocycles. The topological polar surface area (TPSA) is 107 Å². The zero-order chi connectivity index (χ0) is 16.4. The maximum absolute atomic E-state index is 12.2. The van der Waals surface area contributed by atoms with Crippen LogP contribution in [0.5, 0.6) is 5.75 Å². The highest BCUT2D eigenvalue weighted by molar-refractivity contribution is 5.96. The van der Waals surface area contributed by atoms with E-state index in [1.165, 1.54) is 11.9 Å². The molecule has 0 unspecified atom stereocenters. The largest absolute Gasteiger partial charge is 0.485 e. The van der Waals surface area contributed by atoms with Gasteiger partial charge >= 0.3 is 0 Å². The van der Waals surface area contributed by atoms with Crippen LogP contribution < -0.4 is 10.5 Å². The van der Waals surface area contributed by atoms with Crippen molar-refractivity contribution in [3.05, 3.63) is 42.0 Å². The van der Waals surface area contributed by atoms with E-state index in [0.717, 1.165) is 0 Å². The zero-order valence-electron chi connectivity index (χ0n) is 12.9. The predicted octanol–water partition coefficient (Wildman–Crippen LogP) is 2.32. The third kappa shape index (κ3) is 3.13. The minimum absolute atomic E-state index is 0.000834. The summed E-state index contributed by atoms with van der Waals surface area (Å²) in [5, 5.41) is 0. The van der Waals surface area contributed by atoms with Gasteiger partial charge in [-0.15, -0.1) is 0 Å². The molecule has 0 spiro atoms. The normalized spacial score (nSPS) is 11.1. The molecular formula is C16H17N5O2. The van der Waals surface area contributed by atoms with Gasteiger partial charge in [0.25, 0.3) is 0 Å². The van der Waals surface area contributed by atoms with E-state index >= 15 is 0 Å². The summed E-state index contributed by atoms with van der Waals surface area (Å²) in [5.41, 5.74) is 7.87. The number of carbonyl (C=O) groups excluding carboxylic acids is 1. The summed E-state index contributed by atoms with van der Waals surface area (Å²) in [5.74, 6) is 0.909. The molecule has 3 aromatic rings. The molecule has 7 nitrogen and oxygen atoms in total. The molecule has 2 aromatic heterocycles. The number of H-pyrrole nitrogens is 1. The maximum Gasteiger partial charge on any atom is 0.237 e. The van der Waals surface area contributed by atoms with Gasteiger partial charge in [-0.2, -0.15) is 0 Å². The summed E-state index contributed by atoms with van der Waals surface area (Å²) < 4.78 is 5.49. The van der Waals surface area contributed by atoms with E-state index in [4.69, 9.17) is 10.5 Å². The smallest absolute Gasteiger partial charge is 0.237 e. The van der Waals surface area contributed by atoms with Crippen LogP contribution in [-0.2, 0) is 0 Å². The number of hydrogen-bond acceptors (Lipinski definition) is 6. The Morgan fingerprint density at radius 1 is 1.26 bits per heavy atom. The Kier molecular flexibility index (Phi) is 3.92. The second kappa shape index (κ2) is 6.04. The minimum atomic E-state index is -0.352. The number of anilines is 1. The number of fused-ring (bicyclic) bond motifs is 1. The average molecular weight is 311 g/mol. The number of nitrogen functional groups attached to an aromatic ring is 1. The molecule has 0 amide bonds. The van der Waals surface area contributed by atoms with Crippen LogP contribution in [0, 0.1) is 0 Å². The van der Waals surface area contributed by atoms with Crippen molar-refractivity contribution >= 4 is 22.8 Å². The van der Waals surface area contributed by atoms with Crippen molar-refractivity contribution in [1.82, 2.24) is 19.9 Å². The number of rotatable bonds is 5. The Morgan fingerprint density at radius 3 is 2.70 bits per heavy atom. The first-order valence-corrected chi connectivity index (χ1v) is 7.27. The molecule has 0 radical (unpaired) electrons. The van der Waals surface area contributed by atoms with Crippen LogP contribution in [0.1, 0.15) is 35.9 Å². The van der Waals surface area contributed by atoms with E-state index < -0.39 is 0 Å². The van der Waals surface area contributed by atoms with E-state index in [1.54, 1.807) is 0 Å². The van der Waals surface area contributed by atoms with Gasteiger partial charge in [0.15, 0.2) is 18.1 Å². The average Bonchev–Trinajstić information content (AvgIpc) is 3.02. The fourth-order valence-corrected chi connectivity index (χ4v) is 2.14. The number of imidazole rings is 1. The fourth-order valence-electron chi connectivity index (χ4n) is 2.14. The highest BCUT2D eigenvalue weighted by atomic mass is 16.5. The van der Waals surface area contributed by atoms with Gasteiger partial charge < -0.3 is 15.5 Å². The Hall–Kier alpha value is -2.96. The van der Waals surface area contributed by atoms with Gasteiger partial charge in [0.2, 0.25) is 11.6 Å². The lowest BCUT2D eigenvalue weighted by Crippen LogP contribution is -2.16. The number of ketones is 1. The van der Waals surface area contributed by atoms with Gasteiger partial charge in [-0.05, 0) is 23.6 Å². The molecule has 0 atom stereocenters. The maximum atomic E-state index is 12.2. The molecule has 1 aromatic carbocycles. The molecule has 118 valence electrons. The van der Waals surface area contributed by atoms with E-state index in [0.29, 0.717) is 22.8 Å². The first-order chi connectivity index (χ1) is 11.0. The second-order valence-corrected chi connectivity index (χ2v) is 5.47. The van der Waals surface area contributed by atoms with Crippen LogP contribution in [-0.4, -0.2) is 32.3 Å². The molecule has 0 saturated carbocycles. The van der Waals surface area contributed by atoms with Crippen LogP contribution in [0.25, 0.3) is 11.2 Å². The van der Waals surface area contributed by atoms with Crippen molar-refractivity contribution in [3.8, 4) is 5.75 Å². The van der Waals surface area contributed by atoms with Crippen LogP contribution in [0.2, 0.25) is 0 Å². The third-order valence-electron chi connectivity index (χ3n) is 3.48. The number of nitrogens with zero attached hydrogens (tertiary/aromatic N) is 3. The first kappa shape index (κ1) is 15.0. The van der Waals surface area contributed by atoms with Crippen LogP contribution in [0.3, 0.4) is 0 Å². The predicted molar refractivity (Wildman–Crippen MR) is 86.5 cm³/mol. The van der Waals surface area contributed by atoms with Gasteiger partial charge in [0.05, 0.1) is 6.33 Å². The van der Waals surface area contributed by atoms with Gasteiger partial charge in [-0.3, -0.25) is 4.79 Å². The number of nitrogens with one attached hydrogen (secondary N) is 1. The summed E-state index contributed by atoms with van der Waals surface area (Å²) in [6.07, 6.45) is 1.46. The van der Waals surface area contributed by atoms with Crippen molar-refractivity contribution in [1.29, 1.82) is 0 Å². The summed E-state index contributed by atoms with van der Waals surface area (Å²) >= 11 is 0. The lowest BCUT2D eigenvalue weighted by molar-refractivity contribution is 0.0911. The molecule has 0 fully saturated rings. The minimum Gasteiger partial charge on any atom is -0.485 e. The third-order valence-corrected chi connectivity index (χ3v) is 3.48. The lowest BCUT2D eigenvalue weighted by Gasteiger charge is -2.08. The Balaban J connectivity index is 1.70.